The Labute approximate surface area is 95.3 Å². The summed E-state index contributed by atoms with van der Waals surface area (Å²) in [5.74, 6) is 0. The molecule has 0 aromatic heterocycles. The number of rotatable bonds is 3. The largest absolute Gasteiger partial charge is 0.392 e. The lowest BCUT2D eigenvalue weighted by molar-refractivity contribution is 0.0657. The van der Waals surface area contributed by atoms with Crippen LogP contribution in [0.4, 0.5) is 0 Å². The number of hydrogen-bond acceptors (Lipinski definition) is 3. The number of nitriles is 1. The fraction of sp³-hybridized carbons (Fsp3) is 0.385. The van der Waals surface area contributed by atoms with Crippen molar-refractivity contribution in [3.63, 3.8) is 0 Å². The van der Waals surface area contributed by atoms with Crippen LogP contribution in [0.3, 0.4) is 0 Å². The third-order valence-electron chi connectivity index (χ3n) is 2.67. The van der Waals surface area contributed by atoms with Crippen molar-refractivity contribution in [2.75, 3.05) is 0 Å². The van der Waals surface area contributed by atoms with Gasteiger partial charge >= 0.3 is 0 Å². The zero-order chi connectivity index (χ0) is 11.2. The van der Waals surface area contributed by atoms with Gasteiger partial charge in [0, 0.05) is 5.56 Å². The van der Waals surface area contributed by atoms with E-state index in [9.17, 15) is 0 Å². The first-order chi connectivity index (χ1) is 7.88. The molecule has 0 aliphatic heterocycles. The minimum atomic E-state index is 0.256. The van der Waals surface area contributed by atoms with Crippen molar-refractivity contribution in [3.8, 4) is 6.07 Å². The predicted octanol–water partition coefficient (Wildman–Crippen LogP) is 2.73. The maximum absolute atomic E-state index is 8.72. The van der Waals surface area contributed by atoms with Crippen molar-refractivity contribution in [3.05, 3.63) is 35.4 Å². The van der Waals surface area contributed by atoms with Crippen molar-refractivity contribution < 1.29 is 4.84 Å². The summed E-state index contributed by atoms with van der Waals surface area (Å²) in [6, 6.07) is 9.23. The van der Waals surface area contributed by atoms with Crippen LogP contribution in [0.25, 0.3) is 0 Å². The van der Waals surface area contributed by atoms with Crippen molar-refractivity contribution >= 4 is 6.21 Å². The molecule has 1 aliphatic carbocycles. The molecule has 0 unspecified atom stereocenters. The van der Waals surface area contributed by atoms with E-state index in [1.54, 1.807) is 12.1 Å². The first-order valence-electron chi connectivity index (χ1n) is 5.50. The highest BCUT2D eigenvalue weighted by atomic mass is 16.6. The Kier molecular flexibility index (Phi) is 3.55. The van der Waals surface area contributed by atoms with Crippen molar-refractivity contribution in [2.24, 2.45) is 5.16 Å². The van der Waals surface area contributed by atoms with Gasteiger partial charge in [0.2, 0.25) is 0 Å². The summed E-state index contributed by atoms with van der Waals surface area (Å²) in [6.45, 7) is 0. The molecule has 0 bridgehead atoms. The third-order valence-corrected chi connectivity index (χ3v) is 2.67. The van der Waals surface area contributed by atoms with E-state index in [2.05, 4.69) is 17.4 Å². The molecule has 0 atom stereocenters. The second-order valence-corrected chi connectivity index (χ2v) is 3.91. The molecule has 81 valence electrons. The normalized spacial score (nSPS) is 16.4. The molecule has 1 aromatic carbocycles. The van der Waals surface area contributed by atoms with Gasteiger partial charge in [-0.1, -0.05) is 17.3 Å². The highest BCUT2D eigenvalue weighted by Crippen LogP contribution is 2.20. The maximum Gasteiger partial charge on any atom is 0.139 e. The van der Waals surface area contributed by atoms with Crippen molar-refractivity contribution in [1.29, 1.82) is 5.26 Å². The zero-order valence-corrected chi connectivity index (χ0v) is 9.02. The van der Waals surface area contributed by atoms with Crippen LogP contribution >= 0.6 is 0 Å². The Hall–Kier alpha value is -1.82. The Balaban J connectivity index is 1.92. The van der Waals surface area contributed by atoms with Crippen LogP contribution in [-0.2, 0) is 4.84 Å². The molecule has 0 spiro atoms. The van der Waals surface area contributed by atoms with E-state index in [-0.39, 0.29) is 6.10 Å². The lowest BCUT2D eigenvalue weighted by Crippen LogP contribution is -2.02. The predicted molar refractivity (Wildman–Crippen MR) is 61.0 cm³/mol. The van der Waals surface area contributed by atoms with E-state index < -0.39 is 0 Å². The third kappa shape index (κ3) is 2.83. The minimum absolute atomic E-state index is 0.256. The van der Waals surface area contributed by atoms with Crippen LogP contribution in [0.1, 0.15) is 36.8 Å². The Bertz CT molecular complexity index is 414. The molecule has 0 amide bonds. The molecule has 16 heavy (non-hydrogen) atoms. The Morgan fingerprint density at radius 1 is 1.25 bits per heavy atom. The summed E-state index contributed by atoms with van der Waals surface area (Å²) in [5.41, 5.74) is 1.39. The van der Waals surface area contributed by atoms with Crippen molar-refractivity contribution in [1.82, 2.24) is 0 Å². The maximum atomic E-state index is 8.72. The van der Waals surface area contributed by atoms with Gasteiger partial charge in [0.15, 0.2) is 0 Å². The van der Waals surface area contributed by atoms with Crippen LogP contribution in [0.2, 0.25) is 0 Å². The first-order valence-corrected chi connectivity index (χ1v) is 5.50. The second-order valence-electron chi connectivity index (χ2n) is 3.91. The summed E-state index contributed by atoms with van der Waals surface area (Å²) in [7, 11) is 0. The molecule has 1 saturated carbocycles. The molecule has 1 fully saturated rings. The monoisotopic (exact) mass is 213 g/mol. The topological polar surface area (TPSA) is 45.4 Å². The van der Waals surface area contributed by atoms with Crippen LogP contribution < -0.4 is 0 Å². The van der Waals surface area contributed by atoms with Crippen LogP contribution in [0.5, 0.6) is 0 Å². The van der Waals surface area contributed by atoms with Gasteiger partial charge < -0.3 is 4.84 Å². The van der Waals surface area contributed by atoms with Gasteiger partial charge in [-0.2, -0.15) is 5.26 Å². The highest BCUT2D eigenvalue weighted by Gasteiger charge is 2.15. The van der Waals surface area contributed by atoms with E-state index in [1.165, 1.54) is 12.8 Å². The van der Waals surface area contributed by atoms with E-state index >= 15 is 0 Å². The average molecular weight is 213 g/mol. The molecule has 0 saturated heterocycles. The summed E-state index contributed by atoms with van der Waals surface area (Å²) < 4.78 is 0. The standard InChI is InChI=1S/C13H13N2O/c14-9-11-4-3-5-12(8-11)10-15-16-13-6-1-2-7-13/h3-5,8,13H,1-2,6-7H2. The van der Waals surface area contributed by atoms with Gasteiger partial charge in [0.05, 0.1) is 11.6 Å². The Morgan fingerprint density at radius 2 is 2.00 bits per heavy atom. The van der Waals surface area contributed by atoms with E-state index in [1.807, 2.05) is 12.1 Å². The Morgan fingerprint density at radius 3 is 2.75 bits per heavy atom. The average Bonchev–Trinajstić information content (AvgIpc) is 2.82. The lowest BCUT2D eigenvalue weighted by Gasteiger charge is -2.04. The second kappa shape index (κ2) is 5.32. The number of nitrogens with zero attached hydrogens (tertiary/aromatic N) is 2. The molecule has 0 N–H and O–H groups in total. The van der Waals surface area contributed by atoms with Gasteiger partial charge in [-0.25, -0.2) is 0 Å². The smallest absolute Gasteiger partial charge is 0.139 e. The van der Waals surface area contributed by atoms with Gasteiger partial charge in [0.25, 0.3) is 0 Å². The first kappa shape index (κ1) is 10.7. The summed E-state index contributed by atoms with van der Waals surface area (Å²) >= 11 is 0. The molecule has 2 rings (SSSR count). The lowest BCUT2D eigenvalue weighted by atomic mass is 10.1. The fourth-order valence-electron chi connectivity index (χ4n) is 1.81. The molecular formula is C13H13N2O. The van der Waals surface area contributed by atoms with Gasteiger partial charge in [0.1, 0.15) is 12.3 Å². The number of hydrogen-bond donors (Lipinski definition) is 0. The molecule has 3 heteroatoms. The fourth-order valence-corrected chi connectivity index (χ4v) is 1.81. The van der Waals surface area contributed by atoms with Crippen LogP contribution in [0, 0.1) is 11.3 Å². The SMILES string of the molecule is N#Cc1cccc(/[C]=N/OC2CCCC2)c1. The zero-order valence-electron chi connectivity index (χ0n) is 9.02. The van der Waals surface area contributed by atoms with E-state index in [4.69, 9.17) is 10.1 Å². The van der Waals surface area contributed by atoms with Crippen molar-refractivity contribution in [2.45, 2.75) is 31.8 Å². The highest BCUT2D eigenvalue weighted by molar-refractivity contribution is 5.79. The van der Waals surface area contributed by atoms with Crippen LogP contribution in [0.15, 0.2) is 29.4 Å². The molecule has 1 aliphatic rings. The van der Waals surface area contributed by atoms with Gasteiger partial charge in [-0.05, 0) is 37.8 Å². The summed E-state index contributed by atoms with van der Waals surface area (Å²) in [4.78, 5) is 5.31. The van der Waals surface area contributed by atoms with E-state index in [0.29, 0.717) is 5.56 Å². The molecule has 1 aromatic rings. The van der Waals surface area contributed by atoms with Crippen LogP contribution in [-0.4, -0.2) is 12.3 Å². The summed E-state index contributed by atoms with van der Waals surface area (Å²) in [6.07, 6.45) is 7.68. The molecular weight excluding hydrogens is 200 g/mol. The summed E-state index contributed by atoms with van der Waals surface area (Å²) in [5, 5.41) is 12.6. The number of benzene rings is 1. The quantitative estimate of drug-likeness (QED) is 0.572. The minimum Gasteiger partial charge on any atom is -0.392 e. The molecule has 3 nitrogen and oxygen atoms in total. The molecule has 1 radical (unpaired) electrons. The van der Waals surface area contributed by atoms with E-state index in [0.717, 1.165) is 18.4 Å². The van der Waals surface area contributed by atoms with Gasteiger partial charge in [-0.3, -0.25) is 0 Å². The molecule has 0 heterocycles. The van der Waals surface area contributed by atoms with Gasteiger partial charge in [-0.15, -0.1) is 0 Å².